The maximum atomic E-state index is 12.0. The van der Waals surface area contributed by atoms with Crippen molar-refractivity contribution >= 4 is 33.6 Å². The molecule has 1 aromatic carbocycles. The van der Waals surface area contributed by atoms with E-state index < -0.39 is 0 Å². The number of carbonyl (C=O) groups is 1. The molecule has 0 unspecified atom stereocenters. The first-order valence-corrected chi connectivity index (χ1v) is 9.44. The molecule has 0 atom stereocenters. The first kappa shape index (κ1) is 19.0. The number of nitrogens with one attached hydrogen (secondary N) is 1. The Kier molecular flexibility index (Phi) is 6.09. The fourth-order valence-electron chi connectivity index (χ4n) is 1.91. The smallest absolute Gasteiger partial charge is 0.232 e. The lowest BCUT2D eigenvalue weighted by molar-refractivity contribution is -0.118. The van der Waals surface area contributed by atoms with Gasteiger partial charge < -0.3 is 9.84 Å². The van der Waals surface area contributed by atoms with Gasteiger partial charge in [-0.3, -0.25) is 4.79 Å². The summed E-state index contributed by atoms with van der Waals surface area (Å²) in [6.45, 7) is 10.4. The van der Waals surface area contributed by atoms with Crippen LogP contribution in [0.3, 0.4) is 0 Å². The predicted molar refractivity (Wildman–Crippen MR) is 99.2 cm³/mol. The molecule has 7 heteroatoms. The van der Waals surface area contributed by atoms with Crippen molar-refractivity contribution < 1.29 is 9.32 Å². The van der Waals surface area contributed by atoms with E-state index in [0.29, 0.717) is 17.5 Å². The molecule has 0 spiro atoms. The highest BCUT2D eigenvalue weighted by Crippen LogP contribution is 2.28. The Hall–Kier alpha value is -1.34. The van der Waals surface area contributed by atoms with Crippen molar-refractivity contribution in [3.8, 4) is 0 Å². The quantitative estimate of drug-likeness (QED) is 0.748. The summed E-state index contributed by atoms with van der Waals surface area (Å²) in [5.41, 5.74) is 2.12. The highest BCUT2D eigenvalue weighted by Gasteiger charge is 2.21. The molecule has 0 aliphatic carbocycles. The molecule has 2 aromatic rings. The van der Waals surface area contributed by atoms with Gasteiger partial charge in [-0.25, -0.2) is 0 Å². The molecule has 1 aromatic heterocycles. The Morgan fingerprint density at radius 1 is 1.29 bits per heavy atom. The number of benzene rings is 1. The van der Waals surface area contributed by atoms with Crippen LogP contribution in [0.15, 0.2) is 26.0 Å². The standard InChI is InChI=1S/C17H22BrN3O2S/c1-10-7-13(11(2)6-12(10)18)24-9-15(22)19-8-14-20-16(23-21-14)17(3,4)5/h6-7H,8-9H2,1-5H3,(H,19,22). The van der Waals surface area contributed by atoms with E-state index in [1.165, 1.54) is 11.8 Å². The molecule has 24 heavy (non-hydrogen) atoms. The lowest BCUT2D eigenvalue weighted by Gasteiger charge is -2.10. The van der Waals surface area contributed by atoms with Crippen LogP contribution in [0.2, 0.25) is 0 Å². The van der Waals surface area contributed by atoms with Crippen molar-refractivity contribution in [3.05, 3.63) is 39.4 Å². The summed E-state index contributed by atoms with van der Waals surface area (Å²) in [7, 11) is 0. The SMILES string of the molecule is Cc1cc(SCC(=O)NCc2noc(C(C)(C)C)n2)c(C)cc1Br. The number of amides is 1. The normalized spacial score (nSPS) is 11.6. The van der Waals surface area contributed by atoms with Crippen LogP contribution in [0, 0.1) is 13.8 Å². The van der Waals surface area contributed by atoms with Crippen LogP contribution in [0.25, 0.3) is 0 Å². The highest BCUT2D eigenvalue weighted by atomic mass is 79.9. The fraction of sp³-hybridized carbons (Fsp3) is 0.471. The minimum Gasteiger partial charge on any atom is -0.348 e. The molecule has 0 aliphatic heterocycles. The second-order valence-corrected chi connectivity index (χ2v) is 8.57. The second kappa shape index (κ2) is 7.70. The molecule has 1 amide bonds. The Labute approximate surface area is 155 Å². The molecular weight excluding hydrogens is 390 g/mol. The molecule has 2 rings (SSSR count). The Morgan fingerprint density at radius 3 is 2.62 bits per heavy atom. The van der Waals surface area contributed by atoms with Crippen LogP contribution in [0.4, 0.5) is 0 Å². The summed E-state index contributed by atoms with van der Waals surface area (Å²) in [4.78, 5) is 17.4. The zero-order valence-electron chi connectivity index (χ0n) is 14.6. The molecule has 0 saturated carbocycles. The van der Waals surface area contributed by atoms with Crippen molar-refractivity contribution in [2.75, 3.05) is 5.75 Å². The molecule has 130 valence electrons. The third-order valence-corrected chi connectivity index (χ3v) is 5.38. The van der Waals surface area contributed by atoms with Crippen molar-refractivity contribution in [2.45, 2.75) is 51.5 Å². The lowest BCUT2D eigenvalue weighted by atomic mass is 9.97. The number of aromatic nitrogens is 2. The van der Waals surface area contributed by atoms with Crippen LogP contribution in [-0.2, 0) is 16.8 Å². The molecule has 5 nitrogen and oxygen atoms in total. The predicted octanol–water partition coefficient (Wildman–Crippen LogP) is 4.15. The Morgan fingerprint density at radius 2 is 2.00 bits per heavy atom. The van der Waals surface area contributed by atoms with Gasteiger partial charge in [0.2, 0.25) is 11.8 Å². The number of rotatable bonds is 5. The zero-order valence-corrected chi connectivity index (χ0v) is 17.0. The third-order valence-electron chi connectivity index (χ3n) is 3.37. The van der Waals surface area contributed by atoms with E-state index in [1.807, 2.05) is 34.6 Å². The number of carbonyl (C=O) groups excluding carboxylic acids is 1. The van der Waals surface area contributed by atoms with Crippen LogP contribution >= 0.6 is 27.7 Å². The van der Waals surface area contributed by atoms with E-state index in [1.54, 1.807) is 0 Å². The number of hydrogen-bond donors (Lipinski definition) is 1. The van der Waals surface area contributed by atoms with E-state index in [9.17, 15) is 4.79 Å². The van der Waals surface area contributed by atoms with Crippen molar-refractivity contribution in [1.29, 1.82) is 0 Å². The zero-order chi connectivity index (χ0) is 17.9. The minimum absolute atomic E-state index is 0.0536. The summed E-state index contributed by atoms with van der Waals surface area (Å²) >= 11 is 5.04. The number of halogens is 1. The van der Waals surface area contributed by atoms with Gasteiger partial charge in [-0.2, -0.15) is 4.98 Å². The van der Waals surface area contributed by atoms with Crippen molar-refractivity contribution in [2.24, 2.45) is 0 Å². The van der Waals surface area contributed by atoms with Gasteiger partial charge in [0.25, 0.3) is 0 Å². The molecule has 0 bridgehead atoms. The van der Waals surface area contributed by atoms with Gasteiger partial charge >= 0.3 is 0 Å². The average Bonchev–Trinajstić information content (AvgIpc) is 2.96. The van der Waals surface area contributed by atoms with E-state index in [4.69, 9.17) is 4.52 Å². The average molecular weight is 412 g/mol. The maximum Gasteiger partial charge on any atom is 0.232 e. The second-order valence-electron chi connectivity index (χ2n) is 6.70. The largest absolute Gasteiger partial charge is 0.348 e. The highest BCUT2D eigenvalue weighted by molar-refractivity contribution is 9.10. The van der Waals surface area contributed by atoms with Crippen LogP contribution in [0.1, 0.15) is 43.6 Å². The van der Waals surface area contributed by atoms with Crippen molar-refractivity contribution in [1.82, 2.24) is 15.5 Å². The summed E-state index contributed by atoms with van der Waals surface area (Å²) in [5, 5.41) is 6.72. The Balaban J connectivity index is 1.86. The van der Waals surface area contributed by atoms with Crippen LogP contribution in [-0.4, -0.2) is 21.8 Å². The molecule has 0 aliphatic rings. The topological polar surface area (TPSA) is 68.0 Å². The first-order chi connectivity index (χ1) is 11.2. The summed E-state index contributed by atoms with van der Waals surface area (Å²) < 4.78 is 6.29. The minimum atomic E-state index is -0.192. The maximum absolute atomic E-state index is 12.0. The summed E-state index contributed by atoms with van der Waals surface area (Å²) in [6, 6.07) is 4.16. The van der Waals surface area contributed by atoms with Crippen LogP contribution < -0.4 is 5.32 Å². The van der Waals surface area contributed by atoms with Crippen molar-refractivity contribution in [3.63, 3.8) is 0 Å². The fourth-order valence-corrected chi connectivity index (χ4v) is 3.31. The van der Waals surface area contributed by atoms with Gasteiger partial charge in [-0.05, 0) is 37.1 Å². The van der Waals surface area contributed by atoms with Gasteiger partial charge in [0.05, 0.1) is 12.3 Å². The van der Waals surface area contributed by atoms with E-state index in [-0.39, 0.29) is 17.9 Å². The van der Waals surface area contributed by atoms with E-state index >= 15 is 0 Å². The summed E-state index contributed by atoms with van der Waals surface area (Å²) in [5.74, 6) is 1.37. The van der Waals surface area contributed by atoms with E-state index in [2.05, 4.69) is 43.5 Å². The van der Waals surface area contributed by atoms with E-state index in [0.717, 1.165) is 20.5 Å². The molecule has 0 fully saturated rings. The molecule has 1 heterocycles. The number of hydrogen-bond acceptors (Lipinski definition) is 5. The number of thioether (sulfide) groups is 1. The van der Waals surface area contributed by atoms with Gasteiger partial charge in [-0.15, -0.1) is 11.8 Å². The summed E-state index contributed by atoms with van der Waals surface area (Å²) in [6.07, 6.45) is 0. The monoisotopic (exact) mass is 411 g/mol. The first-order valence-electron chi connectivity index (χ1n) is 7.66. The lowest BCUT2D eigenvalue weighted by Crippen LogP contribution is -2.25. The van der Waals surface area contributed by atoms with Gasteiger partial charge in [0, 0.05) is 14.8 Å². The number of nitrogens with zero attached hydrogens (tertiary/aromatic N) is 2. The third kappa shape index (κ3) is 5.08. The van der Waals surface area contributed by atoms with Gasteiger partial charge in [-0.1, -0.05) is 41.9 Å². The molecule has 0 saturated heterocycles. The molecule has 0 radical (unpaired) electrons. The molecule has 1 N–H and O–H groups in total. The van der Waals surface area contributed by atoms with Crippen LogP contribution in [0.5, 0.6) is 0 Å². The molecular formula is C17H22BrN3O2S. The Bertz CT molecular complexity index is 738. The number of aryl methyl sites for hydroxylation is 2. The van der Waals surface area contributed by atoms with Gasteiger partial charge in [0.15, 0.2) is 5.82 Å². The van der Waals surface area contributed by atoms with Gasteiger partial charge in [0.1, 0.15) is 0 Å².